The summed E-state index contributed by atoms with van der Waals surface area (Å²) in [5.41, 5.74) is -0.338. The smallest absolute Gasteiger partial charge is 0.0593 e. The van der Waals surface area contributed by atoms with Gasteiger partial charge in [-0.15, -0.1) is 7.92 Å². The maximum absolute atomic E-state index is 9.54. The van der Waals surface area contributed by atoms with Crippen LogP contribution in [-0.2, 0) is 0 Å². The Morgan fingerprint density at radius 2 is 1.50 bits per heavy atom. The lowest BCUT2D eigenvalue weighted by molar-refractivity contribution is -0.0261. The molecular weight excluding hydrogens is 171 g/mol. The lowest BCUT2D eigenvalue weighted by Gasteiger charge is -2.37. The number of aliphatic hydroxyl groups excluding tert-OH is 2. The molecule has 0 saturated heterocycles. The van der Waals surface area contributed by atoms with E-state index < -0.39 is 12.2 Å². The number of rotatable bonds is 4. The van der Waals surface area contributed by atoms with E-state index in [9.17, 15) is 10.2 Å². The lowest BCUT2D eigenvalue weighted by Crippen LogP contribution is -2.42. The van der Waals surface area contributed by atoms with Crippen LogP contribution in [0.5, 0.6) is 0 Å². The Balaban J connectivity index is 4.40. The number of hydrogen-bond acceptors (Lipinski definition) is 2. The molecule has 0 aliphatic carbocycles. The largest absolute Gasteiger partial charge is 0.393 e. The molecule has 0 aromatic rings. The van der Waals surface area contributed by atoms with Crippen molar-refractivity contribution >= 4 is 7.92 Å². The van der Waals surface area contributed by atoms with Gasteiger partial charge in [0, 0.05) is 5.41 Å². The van der Waals surface area contributed by atoms with E-state index in [1.807, 2.05) is 6.92 Å². The third-order valence-corrected chi connectivity index (χ3v) is 3.88. The molecule has 2 nitrogen and oxygen atoms in total. The Kier molecular flexibility index (Phi) is 4.68. The van der Waals surface area contributed by atoms with Gasteiger partial charge in [0.05, 0.1) is 12.2 Å². The van der Waals surface area contributed by atoms with Gasteiger partial charge in [-0.05, 0) is 33.3 Å². The summed E-state index contributed by atoms with van der Waals surface area (Å²) in [6, 6.07) is 0. The predicted octanol–water partition coefficient (Wildman–Crippen LogP) is 1.50. The number of hydrogen-bond donors (Lipinski definition) is 2. The molecule has 0 amide bonds. The Morgan fingerprint density at radius 1 is 1.17 bits per heavy atom. The van der Waals surface area contributed by atoms with Crippen LogP contribution < -0.4 is 0 Å². The Morgan fingerprint density at radius 3 is 1.58 bits per heavy atom. The summed E-state index contributed by atoms with van der Waals surface area (Å²) in [5.74, 6) is 0. The molecule has 0 spiro atoms. The molecule has 0 bridgehead atoms. The van der Waals surface area contributed by atoms with E-state index in [4.69, 9.17) is 0 Å². The highest BCUT2D eigenvalue weighted by molar-refractivity contribution is 7.56. The minimum atomic E-state index is -0.442. The van der Waals surface area contributed by atoms with Crippen LogP contribution in [0.3, 0.4) is 0 Å². The summed E-state index contributed by atoms with van der Waals surface area (Å²) in [7, 11) is -0.0733. The maximum Gasteiger partial charge on any atom is 0.0593 e. The third kappa shape index (κ3) is 3.01. The first kappa shape index (κ1) is 12.3. The molecule has 0 aliphatic rings. The molecular formula is C9H21O2P. The van der Waals surface area contributed by atoms with E-state index in [1.54, 1.807) is 13.8 Å². The molecule has 2 atom stereocenters. The van der Waals surface area contributed by atoms with Crippen molar-refractivity contribution in [1.29, 1.82) is 0 Å². The standard InChI is InChI=1S/C9H21O2P/c1-7(10)9(3,8(2)11)6-12(4)5/h7-8,10-11H,6H2,1-5H3. The zero-order valence-corrected chi connectivity index (χ0v) is 9.60. The molecule has 0 aromatic heterocycles. The van der Waals surface area contributed by atoms with Crippen LogP contribution in [0.15, 0.2) is 0 Å². The second-order valence-corrected chi connectivity index (χ2v) is 6.57. The molecule has 0 saturated carbocycles. The molecule has 74 valence electrons. The van der Waals surface area contributed by atoms with Gasteiger partial charge in [-0.25, -0.2) is 0 Å². The van der Waals surface area contributed by atoms with Crippen LogP contribution in [0.2, 0.25) is 0 Å². The van der Waals surface area contributed by atoms with Gasteiger partial charge in [0.2, 0.25) is 0 Å². The molecule has 0 rings (SSSR count). The average molecular weight is 192 g/mol. The third-order valence-electron chi connectivity index (χ3n) is 2.57. The Hall–Kier alpha value is 0.350. The minimum absolute atomic E-state index is 0.0733. The van der Waals surface area contributed by atoms with E-state index in [-0.39, 0.29) is 13.3 Å². The van der Waals surface area contributed by atoms with Crippen molar-refractivity contribution in [2.45, 2.75) is 33.0 Å². The fraction of sp³-hybridized carbons (Fsp3) is 1.00. The summed E-state index contributed by atoms with van der Waals surface area (Å²) >= 11 is 0. The quantitative estimate of drug-likeness (QED) is 0.663. The normalized spacial score (nSPS) is 22.0. The predicted molar refractivity (Wildman–Crippen MR) is 55.1 cm³/mol. The van der Waals surface area contributed by atoms with Crippen LogP contribution in [-0.4, -0.2) is 41.9 Å². The molecule has 0 aromatic carbocycles. The summed E-state index contributed by atoms with van der Waals surface area (Å²) < 4.78 is 0. The van der Waals surface area contributed by atoms with Crippen molar-refractivity contribution in [3.8, 4) is 0 Å². The van der Waals surface area contributed by atoms with Crippen molar-refractivity contribution < 1.29 is 10.2 Å². The summed E-state index contributed by atoms with van der Waals surface area (Å²) in [4.78, 5) is 0. The molecule has 2 unspecified atom stereocenters. The van der Waals surface area contributed by atoms with Crippen molar-refractivity contribution in [3.05, 3.63) is 0 Å². The molecule has 0 radical (unpaired) electrons. The maximum atomic E-state index is 9.54. The van der Waals surface area contributed by atoms with E-state index in [1.165, 1.54) is 0 Å². The van der Waals surface area contributed by atoms with Gasteiger partial charge in [-0.3, -0.25) is 0 Å². The van der Waals surface area contributed by atoms with Crippen LogP contribution in [0, 0.1) is 5.41 Å². The highest BCUT2D eigenvalue weighted by Crippen LogP contribution is 2.39. The van der Waals surface area contributed by atoms with Gasteiger partial charge in [-0.2, -0.15) is 0 Å². The highest BCUT2D eigenvalue weighted by atomic mass is 31.1. The van der Waals surface area contributed by atoms with Crippen molar-refractivity contribution in [3.63, 3.8) is 0 Å². The number of aliphatic hydroxyl groups is 2. The Bertz CT molecular complexity index is 124. The second kappa shape index (κ2) is 4.55. The average Bonchev–Trinajstić information content (AvgIpc) is 1.84. The lowest BCUT2D eigenvalue weighted by atomic mass is 9.82. The SMILES string of the molecule is CC(O)C(C)(CP(C)C)C(C)O. The van der Waals surface area contributed by atoms with Gasteiger partial charge in [0.15, 0.2) is 0 Å². The zero-order chi connectivity index (χ0) is 9.94. The first-order valence-electron chi connectivity index (χ1n) is 4.31. The first-order valence-corrected chi connectivity index (χ1v) is 6.73. The fourth-order valence-electron chi connectivity index (χ4n) is 1.29. The van der Waals surface area contributed by atoms with Crippen LogP contribution in [0.1, 0.15) is 20.8 Å². The minimum Gasteiger partial charge on any atom is -0.393 e. The van der Waals surface area contributed by atoms with Gasteiger partial charge < -0.3 is 10.2 Å². The summed E-state index contributed by atoms with van der Waals surface area (Å²) in [6.07, 6.45) is 0.0299. The molecule has 2 N–H and O–H groups in total. The van der Waals surface area contributed by atoms with Crippen LogP contribution >= 0.6 is 7.92 Å². The molecule has 0 heterocycles. The van der Waals surface area contributed by atoms with E-state index in [0.717, 1.165) is 6.16 Å². The first-order chi connectivity index (χ1) is 5.30. The molecule has 3 heteroatoms. The van der Waals surface area contributed by atoms with Gasteiger partial charge in [-0.1, -0.05) is 6.92 Å². The van der Waals surface area contributed by atoms with Crippen LogP contribution in [0.25, 0.3) is 0 Å². The molecule has 0 aliphatic heterocycles. The topological polar surface area (TPSA) is 40.5 Å². The molecule has 12 heavy (non-hydrogen) atoms. The summed E-state index contributed by atoms with van der Waals surface area (Å²) in [5, 5.41) is 19.1. The van der Waals surface area contributed by atoms with Crippen LogP contribution in [0.4, 0.5) is 0 Å². The van der Waals surface area contributed by atoms with Crippen molar-refractivity contribution in [1.82, 2.24) is 0 Å². The van der Waals surface area contributed by atoms with Gasteiger partial charge in [0.25, 0.3) is 0 Å². The highest BCUT2D eigenvalue weighted by Gasteiger charge is 2.35. The van der Waals surface area contributed by atoms with E-state index in [0.29, 0.717) is 0 Å². The zero-order valence-electron chi connectivity index (χ0n) is 8.70. The Labute approximate surface area is 76.7 Å². The second-order valence-electron chi connectivity index (χ2n) is 4.10. The van der Waals surface area contributed by atoms with Gasteiger partial charge in [0.1, 0.15) is 0 Å². The van der Waals surface area contributed by atoms with E-state index in [2.05, 4.69) is 13.3 Å². The van der Waals surface area contributed by atoms with Crippen molar-refractivity contribution in [2.24, 2.45) is 5.41 Å². The monoisotopic (exact) mass is 192 g/mol. The summed E-state index contributed by atoms with van der Waals surface area (Å²) in [6.45, 7) is 9.79. The fourth-order valence-corrected chi connectivity index (χ4v) is 3.19. The van der Waals surface area contributed by atoms with E-state index >= 15 is 0 Å². The molecule has 0 fully saturated rings. The van der Waals surface area contributed by atoms with Crippen molar-refractivity contribution in [2.75, 3.05) is 19.5 Å². The van der Waals surface area contributed by atoms with Gasteiger partial charge >= 0.3 is 0 Å².